The lowest BCUT2D eigenvalue weighted by Gasteiger charge is -2.39. The van der Waals surface area contributed by atoms with E-state index in [1.54, 1.807) is 11.1 Å². The van der Waals surface area contributed by atoms with Gasteiger partial charge in [-0.15, -0.1) is 0 Å². The van der Waals surface area contributed by atoms with Crippen molar-refractivity contribution in [1.29, 1.82) is 5.26 Å². The van der Waals surface area contributed by atoms with Gasteiger partial charge in [-0.05, 0) is 48.1 Å². The number of amides is 3. The summed E-state index contributed by atoms with van der Waals surface area (Å²) in [7, 11) is 1.85. The molecule has 2 aliphatic carbocycles. The van der Waals surface area contributed by atoms with Gasteiger partial charge in [-0.2, -0.15) is 5.26 Å². The molecule has 1 aromatic rings. The average molecular weight is 695 g/mol. The van der Waals surface area contributed by atoms with E-state index >= 15 is 0 Å². The maximum atomic E-state index is 13.9. The fourth-order valence-electron chi connectivity index (χ4n) is 6.07. The first-order valence-electron chi connectivity index (χ1n) is 17.2. The maximum Gasteiger partial charge on any atom is 0.258 e. The molecule has 10 nitrogen and oxygen atoms in total. The van der Waals surface area contributed by atoms with Crippen molar-refractivity contribution in [3.05, 3.63) is 24.4 Å². The minimum Gasteiger partial charge on any atom is -0.373 e. The number of fused-ring (bicyclic) bond motifs is 1. The van der Waals surface area contributed by atoms with Crippen LogP contribution in [0.5, 0.6) is 0 Å². The molecule has 5 atom stereocenters. The highest BCUT2D eigenvalue weighted by molar-refractivity contribution is 5.90. The second-order valence-corrected chi connectivity index (χ2v) is 14.5. The zero-order chi connectivity index (χ0) is 37.4. The van der Waals surface area contributed by atoms with Gasteiger partial charge in [0.15, 0.2) is 5.67 Å². The number of aromatic nitrogens is 1. The number of hydrogen-bond acceptors (Lipinski definition) is 7. The Kier molecular flexibility index (Phi) is 17.8. The van der Waals surface area contributed by atoms with Gasteiger partial charge in [0, 0.05) is 38.8 Å². The molecular formula is C36H57F3N6O4. The Morgan fingerprint density at radius 1 is 1.08 bits per heavy atom. The first kappa shape index (κ1) is 43.3. The molecular weight excluding hydrogens is 637 g/mol. The molecule has 5 rings (SSSR count). The third-order valence-corrected chi connectivity index (χ3v) is 8.46. The number of nitrogens with zero attached hydrogens (tertiary/aromatic N) is 4. The molecule has 4 aliphatic rings. The largest absolute Gasteiger partial charge is 0.373 e. The van der Waals surface area contributed by atoms with Crippen molar-refractivity contribution in [1.82, 2.24) is 20.1 Å². The lowest BCUT2D eigenvalue weighted by Crippen LogP contribution is -2.58. The SMILES string of the molecule is CC.CC(C)(C)C.CC1CCCC2CN(C(=O)CNC(=O)C3(F)CC(F)(F)C3)CC12.CNc1ccccn1.N#CC1CC(C=O)CN1C=O. The van der Waals surface area contributed by atoms with Gasteiger partial charge in [-0.1, -0.05) is 67.4 Å². The first-order valence-corrected chi connectivity index (χ1v) is 17.2. The smallest absolute Gasteiger partial charge is 0.258 e. The van der Waals surface area contributed by atoms with E-state index in [-0.39, 0.29) is 18.4 Å². The van der Waals surface area contributed by atoms with Gasteiger partial charge in [0.25, 0.3) is 11.8 Å². The Morgan fingerprint density at radius 3 is 2.14 bits per heavy atom. The zero-order valence-electron chi connectivity index (χ0n) is 30.5. The molecule has 3 amide bonds. The summed E-state index contributed by atoms with van der Waals surface area (Å²) in [4.78, 5) is 51.5. The monoisotopic (exact) mass is 694 g/mol. The van der Waals surface area contributed by atoms with Crippen molar-refractivity contribution in [2.45, 2.75) is 105 Å². The quantitative estimate of drug-likeness (QED) is 0.355. The van der Waals surface area contributed by atoms with Crippen molar-refractivity contribution >= 4 is 30.3 Å². The lowest BCUT2D eigenvalue weighted by molar-refractivity contribution is -0.184. The molecule has 0 aromatic carbocycles. The van der Waals surface area contributed by atoms with Crippen molar-refractivity contribution in [3.8, 4) is 6.07 Å². The number of hydrogen-bond donors (Lipinski definition) is 2. The third kappa shape index (κ3) is 14.8. The third-order valence-electron chi connectivity index (χ3n) is 8.46. The number of anilines is 1. The molecule has 5 unspecified atom stereocenters. The molecule has 49 heavy (non-hydrogen) atoms. The molecule has 2 N–H and O–H groups in total. The summed E-state index contributed by atoms with van der Waals surface area (Å²) in [6.07, 6.45) is 4.96. The Balaban J connectivity index is 0.000000382. The van der Waals surface area contributed by atoms with Crippen LogP contribution in [0.1, 0.15) is 87.0 Å². The molecule has 3 heterocycles. The van der Waals surface area contributed by atoms with E-state index in [2.05, 4.69) is 50.2 Å². The predicted molar refractivity (Wildman–Crippen MR) is 184 cm³/mol. The fraction of sp³-hybridized carbons (Fsp3) is 0.722. The minimum atomic E-state index is -3.11. The molecule has 2 saturated heterocycles. The van der Waals surface area contributed by atoms with Gasteiger partial charge in [-0.3, -0.25) is 14.4 Å². The Bertz CT molecular complexity index is 1210. The van der Waals surface area contributed by atoms with E-state index in [1.165, 1.54) is 17.7 Å². The molecule has 2 saturated carbocycles. The number of aldehydes is 1. The van der Waals surface area contributed by atoms with Crippen molar-refractivity contribution in [2.75, 3.05) is 38.5 Å². The summed E-state index contributed by atoms with van der Waals surface area (Å²) in [5.74, 6) is -2.10. The van der Waals surface area contributed by atoms with E-state index in [0.717, 1.165) is 18.5 Å². The number of carbonyl (C=O) groups is 4. The summed E-state index contributed by atoms with van der Waals surface area (Å²) in [5.41, 5.74) is -2.03. The van der Waals surface area contributed by atoms with Crippen molar-refractivity contribution < 1.29 is 32.3 Å². The number of pyridine rings is 1. The Labute approximate surface area is 290 Å². The molecule has 4 fully saturated rings. The Hall–Kier alpha value is -3.69. The second kappa shape index (κ2) is 20.1. The van der Waals surface area contributed by atoms with Crippen LogP contribution in [0.15, 0.2) is 24.4 Å². The van der Waals surface area contributed by atoms with E-state index in [9.17, 15) is 32.3 Å². The van der Waals surface area contributed by atoms with Crippen LogP contribution in [0.2, 0.25) is 0 Å². The van der Waals surface area contributed by atoms with Gasteiger partial charge in [-0.25, -0.2) is 18.2 Å². The highest BCUT2D eigenvalue weighted by Gasteiger charge is 2.62. The normalized spacial score (nSPS) is 25.6. The number of likely N-dealkylation sites (tertiary alicyclic amines) is 2. The number of carbonyl (C=O) groups excluding carboxylic acids is 4. The highest BCUT2D eigenvalue weighted by Crippen LogP contribution is 2.48. The van der Waals surface area contributed by atoms with E-state index < -0.39 is 36.4 Å². The minimum absolute atomic E-state index is 0.148. The molecule has 276 valence electrons. The highest BCUT2D eigenvalue weighted by atomic mass is 19.3. The van der Waals surface area contributed by atoms with Gasteiger partial charge in [0.05, 0.1) is 25.5 Å². The second-order valence-electron chi connectivity index (χ2n) is 14.5. The van der Waals surface area contributed by atoms with E-state index in [4.69, 9.17) is 5.26 Å². The van der Waals surface area contributed by atoms with Gasteiger partial charge < -0.3 is 25.2 Å². The van der Waals surface area contributed by atoms with Crippen LogP contribution >= 0.6 is 0 Å². The van der Waals surface area contributed by atoms with Crippen LogP contribution in [0.3, 0.4) is 0 Å². The molecule has 0 bridgehead atoms. The number of rotatable bonds is 6. The number of nitrogens with one attached hydrogen (secondary N) is 2. The van der Waals surface area contributed by atoms with Crippen molar-refractivity contribution in [3.63, 3.8) is 0 Å². The van der Waals surface area contributed by atoms with Gasteiger partial charge >= 0.3 is 0 Å². The topological polar surface area (TPSA) is 136 Å². The molecule has 0 radical (unpaired) electrons. The van der Waals surface area contributed by atoms with E-state index in [0.29, 0.717) is 55.6 Å². The fourth-order valence-corrected chi connectivity index (χ4v) is 6.07. The van der Waals surface area contributed by atoms with Crippen LogP contribution in [0, 0.1) is 40.4 Å². The number of nitriles is 1. The van der Waals surface area contributed by atoms with Crippen molar-refractivity contribution in [2.24, 2.45) is 29.1 Å². The molecule has 1 aromatic heterocycles. The van der Waals surface area contributed by atoms with Crippen LogP contribution < -0.4 is 10.6 Å². The van der Waals surface area contributed by atoms with Gasteiger partial charge in [0.1, 0.15) is 18.1 Å². The summed E-state index contributed by atoms with van der Waals surface area (Å²) < 4.78 is 39.4. The van der Waals surface area contributed by atoms with Crippen LogP contribution in [-0.2, 0) is 19.2 Å². The van der Waals surface area contributed by atoms with Gasteiger partial charge in [0.2, 0.25) is 12.3 Å². The first-order chi connectivity index (χ1) is 22.9. The number of halogens is 3. The lowest BCUT2D eigenvalue weighted by atomic mass is 9.75. The Morgan fingerprint density at radius 2 is 1.71 bits per heavy atom. The zero-order valence-corrected chi connectivity index (χ0v) is 30.5. The summed E-state index contributed by atoms with van der Waals surface area (Å²) >= 11 is 0. The van der Waals surface area contributed by atoms with E-state index in [1.807, 2.05) is 45.2 Å². The summed E-state index contributed by atoms with van der Waals surface area (Å²) in [5, 5.41) is 13.6. The number of alkyl halides is 3. The van der Waals surface area contributed by atoms with Crippen LogP contribution in [0.4, 0.5) is 19.0 Å². The predicted octanol–water partition coefficient (Wildman–Crippen LogP) is 5.89. The average Bonchev–Trinajstić information content (AvgIpc) is 3.69. The molecule has 2 aliphatic heterocycles. The summed E-state index contributed by atoms with van der Waals surface area (Å²) in [6.45, 7) is 16.4. The summed E-state index contributed by atoms with van der Waals surface area (Å²) in [6, 6.07) is 7.31. The maximum absolute atomic E-state index is 13.9. The van der Waals surface area contributed by atoms with Crippen LogP contribution in [-0.4, -0.2) is 90.2 Å². The molecule has 13 heteroatoms. The molecule has 0 spiro atoms. The standard InChI is InChI=1S/C16H23F3N2O2.C7H8N2O2.C6H8N2.C5H12.C2H6/c1-10-3-2-4-11-6-21(7-12(10)11)13(22)5-20-14(23)15(17)8-16(18,19)9-15;8-2-7-1-6(4-10)3-9(7)5-11;1-7-6-4-2-3-5-8-6;1-5(2,3)4;1-2/h10-12H,2-9H2,1H3,(H,20,23);4-7H,1,3H2;2-5H,1H3,(H,7,8);1-4H3;1-2H3. The van der Waals surface area contributed by atoms with Crippen LogP contribution in [0.25, 0.3) is 0 Å².